The molecule has 5 nitrogen and oxygen atoms in total. The Labute approximate surface area is 144 Å². The summed E-state index contributed by atoms with van der Waals surface area (Å²) in [6, 6.07) is 15.8. The smallest absolute Gasteiger partial charge is 0.210 e. The molecule has 3 aromatic rings. The minimum atomic E-state index is 0.434. The number of thiocarbonyl (C=S) groups is 1. The summed E-state index contributed by atoms with van der Waals surface area (Å²) in [4.78, 5) is 3.81. The van der Waals surface area contributed by atoms with Gasteiger partial charge in [-0.05, 0) is 62.5 Å². The first-order valence-electron chi connectivity index (χ1n) is 6.82. The average molecular weight is 341 g/mol. The topological polar surface area (TPSA) is 58.9 Å². The van der Waals surface area contributed by atoms with Crippen LogP contribution in [0.5, 0.6) is 0 Å². The Hall–Kier alpha value is -2.47. The summed E-state index contributed by atoms with van der Waals surface area (Å²) in [6.45, 7) is 4.07. The first kappa shape index (κ1) is 16.9. The fourth-order valence-corrected chi connectivity index (χ4v) is 2.02. The van der Waals surface area contributed by atoms with Crippen molar-refractivity contribution in [1.82, 2.24) is 20.2 Å². The molecule has 7 heteroatoms. The van der Waals surface area contributed by atoms with E-state index in [-0.39, 0.29) is 0 Å². The largest absolute Gasteiger partial charge is 0.242 e. The summed E-state index contributed by atoms with van der Waals surface area (Å²) in [5.41, 5.74) is 4.24. The van der Waals surface area contributed by atoms with Crippen molar-refractivity contribution in [2.75, 3.05) is 0 Å². The number of tetrazole rings is 1. The quantitative estimate of drug-likeness (QED) is 0.556. The van der Waals surface area contributed by atoms with E-state index < -0.39 is 0 Å². The number of aromatic amines is 1. The SMILES string of the molecule is Cc1ccc(-n2[nH]nnc2=S)cc1.Cc1ccc(N=C=S)cc1. The molecule has 0 spiro atoms. The van der Waals surface area contributed by atoms with Crippen molar-refractivity contribution in [1.29, 1.82) is 0 Å². The zero-order valence-electron chi connectivity index (χ0n) is 12.7. The van der Waals surface area contributed by atoms with E-state index in [1.165, 1.54) is 11.1 Å². The summed E-state index contributed by atoms with van der Waals surface area (Å²) in [7, 11) is 0. The Balaban J connectivity index is 0.000000174. The van der Waals surface area contributed by atoms with Crippen molar-refractivity contribution >= 4 is 35.3 Å². The van der Waals surface area contributed by atoms with E-state index in [2.05, 4.69) is 37.9 Å². The first-order chi connectivity index (χ1) is 11.1. The Kier molecular flexibility index (Phi) is 6.05. The second kappa shape index (κ2) is 8.24. The van der Waals surface area contributed by atoms with Crippen molar-refractivity contribution in [2.45, 2.75) is 13.8 Å². The molecule has 0 saturated carbocycles. The standard InChI is InChI=1S/C8H8N4S.C8H7NS/c1-6-2-4-7(5-3-6)12-8(13)9-10-11-12;1-7-2-4-8(5-3-7)9-6-10/h2-5H,1H3,(H,9,11,13);2-5H,1H3. The minimum Gasteiger partial charge on any atom is -0.210 e. The van der Waals surface area contributed by atoms with Gasteiger partial charge in [-0.15, -0.1) is 0 Å². The molecule has 23 heavy (non-hydrogen) atoms. The molecule has 0 fully saturated rings. The molecule has 0 aliphatic rings. The van der Waals surface area contributed by atoms with E-state index in [9.17, 15) is 0 Å². The number of aromatic nitrogens is 4. The maximum atomic E-state index is 4.96. The molecule has 0 atom stereocenters. The second-order valence-electron chi connectivity index (χ2n) is 4.79. The number of benzene rings is 2. The van der Waals surface area contributed by atoms with Crippen LogP contribution in [0.3, 0.4) is 0 Å². The molecule has 3 rings (SSSR count). The van der Waals surface area contributed by atoms with Gasteiger partial charge in [0.1, 0.15) is 0 Å². The Morgan fingerprint density at radius 1 is 1.00 bits per heavy atom. The van der Waals surface area contributed by atoms with Crippen molar-refractivity contribution in [2.24, 2.45) is 4.99 Å². The highest BCUT2D eigenvalue weighted by Gasteiger charge is 1.97. The second-order valence-corrected chi connectivity index (χ2v) is 5.34. The molecule has 0 aliphatic heterocycles. The van der Waals surface area contributed by atoms with E-state index in [0.29, 0.717) is 4.77 Å². The first-order valence-corrected chi connectivity index (χ1v) is 7.63. The van der Waals surface area contributed by atoms with Crippen LogP contribution < -0.4 is 0 Å². The number of aliphatic imine (C=N–C) groups is 1. The molecule has 0 amide bonds. The lowest BCUT2D eigenvalue weighted by Gasteiger charge is -1.99. The van der Waals surface area contributed by atoms with Gasteiger partial charge in [-0.3, -0.25) is 0 Å². The van der Waals surface area contributed by atoms with Gasteiger partial charge in [0.2, 0.25) is 4.77 Å². The highest BCUT2D eigenvalue weighted by Crippen LogP contribution is 2.10. The van der Waals surface area contributed by atoms with Crippen LogP contribution >= 0.6 is 24.4 Å². The molecule has 0 saturated heterocycles. The van der Waals surface area contributed by atoms with Gasteiger partial charge >= 0.3 is 0 Å². The Morgan fingerprint density at radius 2 is 1.57 bits per heavy atom. The third kappa shape index (κ3) is 5.03. The molecule has 116 valence electrons. The van der Waals surface area contributed by atoms with Gasteiger partial charge in [0.05, 0.1) is 16.5 Å². The summed E-state index contributed by atoms with van der Waals surface area (Å²) >= 11 is 9.41. The van der Waals surface area contributed by atoms with Crippen LogP contribution in [-0.2, 0) is 0 Å². The van der Waals surface area contributed by atoms with Crippen molar-refractivity contribution in [3.63, 3.8) is 0 Å². The number of nitrogens with zero attached hydrogens (tertiary/aromatic N) is 4. The highest BCUT2D eigenvalue weighted by molar-refractivity contribution is 7.78. The monoisotopic (exact) mass is 341 g/mol. The van der Waals surface area contributed by atoms with E-state index in [0.717, 1.165) is 11.4 Å². The Morgan fingerprint density at radius 3 is 2.04 bits per heavy atom. The maximum absolute atomic E-state index is 4.96. The molecule has 0 unspecified atom stereocenters. The van der Waals surface area contributed by atoms with E-state index in [1.807, 2.05) is 62.4 Å². The number of hydrogen-bond acceptors (Lipinski definition) is 5. The fraction of sp³-hybridized carbons (Fsp3) is 0.125. The molecule has 0 bridgehead atoms. The van der Waals surface area contributed by atoms with Gasteiger partial charge in [-0.2, -0.15) is 10.2 Å². The highest BCUT2D eigenvalue weighted by atomic mass is 32.1. The van der Waals surface area contributed by atoms with E-state index in [4.69, 9.17) is 12.2 Å². The van der Waals surface area contributed by atoms with Crippen LogP contribution in [0.15, 0.2) is 53.5 Å². The van der Waals surface area contributed by atoms with Crippen LogP contribution in [0.2, 0.25) is 0 Å². The lowest BCUT2D eigenvalue weighted by Crippen LogP contribution is -1.96. The van der Waals surface area contributed by atoms with E-state index in [1.54, 1.807) is 4.68 Å². The van der Waals surface area contributed by atoms with Crippen molar-refractivity contribution < 1.29 is 0 Å². The summed E-state index contributed by atoms with van der Waals surface area (Å²) in [6.07, 6.45) is 0. The zero-order chi connectivity index (χ0) is 16.7. The van der Waals surface area contributed by atoms with Crippen LogP contribution in [-0.4, -0.2) is 25.4 Å². The van der Waals surface area contributed by atoms with Crippen LogP contribution in [0.4, 0.5) is 5.69 Å². The molecule has 1 heterocycles. The number of aryl methyl sites for hydroxylation is 2. The Bertz CT molecular complexity index is 856. The maximum Gasteiger partial charge on any atom is 0.242 e. The predicted octanol–water partition coefficient (Wildman–Crippen LogP) is 4.36. The van der Waals surface area contributed by atoms with Gasteiger partial charge in [-0.25, -0.2) is 4.68 Å². The van der Waals surface area contributed by atoms with Gasteiger partial charge in [0.15, 0.2) is 0 Å². The zero-order valence-corrected chi connectivity index (χ0v) is 14.4. The molecule has 1 aromatic heterocycles. The summed E-state index contributed by atoms with van der Waals surface area (Å²) in [5, 5.41) is 12.3. The number of H-pyrrole nitrogens is 1. The van der Waals surface area contributed by atoms with Crippen molar-refractivity contribution in [3.8, 4) is 5.69 Å². The third-order valence-corrected chi connectivity index (χ3v) is 3.33. The average Bonchev–Trinajstić information content (AvgIpc) is 2.97. The normalized spacial score (nSPS) is 9.48. The van der Waals surface area contributed by atoms with Gasteiger partial charge in [-0.1, -0.05) is 45.7 Å². The number of rotatable bonds is 2. The van der Waals surface area contributed by atoms with Gasteiger partial charge in [0, 0.05) is 0 Å². The number of nitrogens with one attached hydrogen (secondary N) is 1. The van der Waals surface area contributed by atoms with Crippen LogP contribution in [0.1, 0.15) is 11.1 Å². The lowest BCUT2D eigenvalue weighted by molar-refractivity contribution is 0.786. The lowest BCUT2D eigenvalue weighted by atomic mass is 10.2. The van der Waals surface area contributed by atoms with Crippen LogP contribution in [0, 0.1) is 18.6 Å². The fourth-order valence-electron chi connectivity index (χ4n) is 1.73. The molecule has 0 radical (unpaired) electrons. The predicted molar refractivity (Wildman–Crippen MR) is 97.1 cm³/mol. The minimum absolute atomic E-state index is 0.434. The molecular weight excluding hydrogens is 326 g/mol. The molecular formula is C16H15N5S2. The molecule has 2 aromatic carbocycles. The van der Waals surface area contributed by atoms with Gasteiger partial charge < -0.3 is 0 Å². The van der Waals surface area contributed by atoms with Crippen LogP contribution in [0.25, 0.3) is 5.69 Å². The molecule has 1 N–H and O–H groups in total. The third-order valence-electron chi connectivity index (χ3n) is 2.97. The molecule has 0 aliphatic carbocycles. The summed E-state index contributed by atoms with van der Waals surface area (Å²) in [5.74, 6) is 0. The number of isothiocyanates is 1. The van der Waals surface area contributed by atoms with Crippen molar-refractivity contribution in [3.05, 3.63) is 64.4 Å². The number of hydrogen-bond donors (Lipinski definition) is 1. The van der Waals surface area contributed by atoms with E-state index >= 15 is 0 Å². The van der Waals surface area contributed by atoms with Gasteiger partial charge in [0.25, 0.3) is 0 Å². The summed E-state index contributed by atoms with van der Waals surface area (Å²) < 4.78 is 2.08.